The molecular formula is C12H17ClN4O2. The Morgan fingerprint density at radius 1 is 1.37 bits per heavy atom. The molecule has 0 spiro atoms. The van der Waals surface area contributed by atoms with Crippen LogP contribution in [-0.2, 0) is 17.2 Å². The third-order valence-corrected chi connectivity index (χ3v) is 3.07. The number of rotatable bonds is 6. The van der Waals surface area contributed by atoms with Crippen molar-refractivity contribution in [2.45, 2.75) is 19.3 Å². The second-order valence-corrected chi connectivity index (χ2v) is 4.66. The number of nitrogens with zero attached hydrogens (tertiary/aromatic N) is 4. The standard InChI is InChI=1S/C12H17ClN4O2/c1-8(6-18-2)5-17-9(4-13)16-10-11(17)14-7-15-12(10)19-3/h7-8H,4-6H2,1-3H3. The van der Waals surface area contributed by atoms with Crippen LogP contribution in [0.25, 0.3) is 11.2 Å². The van der Waals surface area contributed by atoms with E-state index in [0.717, 1.165) is 18.0 Å². The second-order valence-electron chi connectivity index (χ2n) is 4.39. The van der Waals surface area contributed by atoms with E-state index in [2.05, 4.69) is 21.9 Å². The zero-order chi connectivity index (χ0) is 13.8. The lowest BCUT2D eigenvalue weighted by Crippen LogP contribution is -2.14. The van der Waals surface area contributed by atoms with E-state index in [1.54, 1.807) is 14.2 Å². The number of methoxy groups -OCH3 is 2. The van der Waals surface area contributed by atoms with Crippen molar-refractivity contribution in [3.05, 3.63) is 12.2 Å². The number of aromatic nitrogens is 4. The Labute approximate surface area is 116 Å². The molecule has 0 radical (unpaired) electrons. The Balaban J connectivity index is 2.46. The second kappa shape index (κ2) is 6.16. The smallest absolute Gasteiger partial charge is 0.245 e. The zero-order valence-electron chi connectivity index (χ0n) is 11.3. The summed E-state index contributed by atoms with van der Waals surface area (Å²) in [4.78, 5) is 12.8. The summed E-state index contributed by atoms with van der Waals surface area (Å²) < 4.78 is 12.4. The molecular weight excluding hydrogens is 268 g/mol. The van der Waals surface area contributed by atoms with Gasteiger partial charge in [0.2, 0.25) is 5.88 Å². The summed E-state index contributed by atoms with van der Waals surface area (Å²) in [5.41, 5.74) is 1.38. The van der Waals surface area contributed by atoms with Gasteiger partial charge in [-0.15, -0.1) is 11.6 Å². The Hall–Kier alpha value is -1.40. The quantitative estimate of drug-likeness (QED) is 0.758. The molecule has 0 bridgehead atoms. The lowest BCUT2D eigenvalue weighted by Gasteiger charge is -2.13. The number of alkyl halides is 1. The molecule has 2 heterocycles. The van der Waals surface area contributed by atoms with Crippen molar-refractivity contribution in [3.8, 4) is 5.88 Å². The van der Waals surface area contributed by atoms with E-state index >= 15 is 0 Å². The molecule has 0 fully saturated rings. The molecule has 0 aromatic carbocycles. The van der Waals surface area contributed by atoms with E-state index in [9.17, 15) is 0 Å². The van der Waals surface area contributed by atoms with Gasteiger partial charge < -0.3 is 14.0 Å². The van der Waals surface area contributed by atoms with Gasteiger partial charge >= 0.3 is 0 Å². The molecule has 19 heavy (non-hydrogen) atoms. The first-order valence-electron chi connectivity index (χ1n) is 6.00. The summed E-state index contributed by atoms with van der Waals surface area (Å²) in [6, 6.07) is 0. The molecule has 1 atom stereocenters. The van der Waals surface area contributed by atoms with E-state index < -0.39 is 0 Å². The Morgan fingerprint density at radius 2 is 2.16 bits per heavy atom. The maximum Gasteiger partial charge on any atom is 0.245 e. The number of hydrogen-bond donors (Lipinski definition) is 0. The highest BCUT2D eigenvalue weighted by molar-refractivity contribution is 6.16. The first-order valence-corrected chi connectivity index (χ1v) is 6.53. The van der Waals surface area contributed by atoms with Crippen molar-refractivity contribution in [3.63, 3.8) is 0 Å². The molecule has 0 aliphatic heterocycles. The van der Waals surface area contributed by atoms with Crippen molar-refractivity contribution in [2.75, 3.05) is 20.8 Å². The average Bonchev–Trinajstić information content (AvgIpc) is 2.77. The molecule has 6 nitrogen and oxygen atoms in total. The third-order valence-electron chi connectivity index (χ3n) is 2.84. The molecule has 0 aliphatic carbocycles. The largest absolute Gasteiger partial charge is 0.479 e. The van der Waals surface area contributed by atoms with Crippen LogP contribution in [0.5, 0.6) is 5.88 Å². The van der Waals surface area contributed by atoms with Crippen LogP contribution in [0.3, 0.4) is 0 Å². The summed E-state index contributed by atoms with van der Waals surface area (Å²) in [6.07, 6.45) is 1.47. The molecule has 2 rings (SSSR count). The molecule has 0 aliphatic rings. The van der Waals surface area contributed by atoms with Crippen LogP contribution in [0.2, 0.25) is 0 Å². The van der Waals surface area contributed by atoms with Crippen LogP contribution in [-0.4, -0.2) is 40.3 Å². The number of ether oxygens (including phenoxy) is 2. The Bertz CT molecular complexity index is 558. The summed E-state index contributed by atoms with van der Waals surface area (Å²) in [6.45, 7) is 3.52. The molecule has 0 saturated heterocycles. The van der Waals surface area contributed by atoms with Gasteiger partial charge in [-0.1, -0.05) is 6.92 Å². The van der Waals surface area contributed by atoms with E-state index in [1.807, 2.05) is 4.57 Å². The van der Waals surface area contributed by atoms with Gasteiger partial charge in [0, 0.05) is 13.7 Å². The van der Waals surface area contributed by atoms with Gasteiger partial charge in [-0.05, 0) is 5.92 Å². The molecule has 104 valence electrons. The van der Waals surface area contributed by atoms with Gasteiger partial charge in [-0.2, -0.15) is 4.98 Å². The molecule has 0 N–H and O–H groups in total. The zero-order valence-corrected chi connectivity index (χ0v) is 12.0. The van der Waals surface area contributed by atoms with E-state index in [-0.39, 0.29) is 0 Å². The van der Waals surface area contributed by atoms with Gasteiger partial charge in [0.1, 0.15) is 12.2 Å². The number of hydrogen-bond acceptors (Lipinski definition) is 5. The fraction of sp³-hybridized carbons (Fsp3) is 0.583. The monoisotopic (exact) mass is 284 g/mol. The van der Waals surface area contributed by atoms with Crippen molar-refractivity contribution in [1.29, 1.82) is 0 Å². The minimum Gasteiger partial charge on any atom is -0.479 e. The summed E-state index contributed by atoms with van der Waals surface area (Å²) in [5.74, 6) is 1.89. The van der Waals surface area contributed by atoms with Crippen molar-refractivity contribution in [1.82, 2.24) is 19.5 Å². The van der Waals surface area contributed by atoms with Crippen LogP contribution in [0.1, 0.15) is 12.7 Å². The van der Waals surface area contributed by atoms with Gasteiger partial charge in [0.05, 0.1) is 19.6 Å². The highest BCUT2D eigenvalue weighted by atomic mass is 35.5. The van der Waals surface area contributed by atoms with E-state index in [0.29, 0.717) is 29.8 Å². The molecule has 2 aromatic rings. The normalized spacial score (nSPS) is 12.8. The number of halogens is 1. The Kier molecular flexibility index (Phi) is 4.55. The molecule has 1 unspecified atom stereocenters. The fourth-order valence-corrected chi connectivity index (χ4v) is 2.26. The van der Waals surface area contributed by atoms with Crippen LogP contribution < -0.4 is 4.74 Å². The highest BCUT2D eigenvalue weighted by Gasteiger charge is 2.17. The lowest BCUT2D eigenvalue weighted by molar-refractivity contribution is 0.151. The first-order chi connectivity index (χ1) is 9.21. The molecule has 0 saturated carbocycles. The van der Waals surface area contributed by atoms with Gasteiger partial charge in [-0.25, -0.2) is 9.97 Å². The summed E-state index contributed by atoms with van der Waals surface area (Å²) >= 11 is 5.96. The molecule has 0 amide bonds. The average molecular weight is 285 g/mol. The summed E-state index contributed by atoms with van der Waals surface area (Å²) in [7, 11) is 3.25. The minimum atomic E-state index is 0.319. The van der Waals surface area contributed by atoms with Crippen molar-refractivity contribution >= 4 is 22.8 Å². The lowest BCUT2D eigenvalue weighted by atomic mass is 10.2. The van der Waals surface area contributed by atoms with Crippen LogP contribution in [0.4, 0.5) is 0 Å². The fourth-order valence-electron chi connectivity index (χ4n) is 2.05. The van der Waals surface area contributed by atoms with Gasteiger partial charge in [0.15, 0.2) is 11.2 Å². The highest BCUT2D eigenvalue weighted by Crippen LogP contribution is 2.23. The minimum absolute atomic E-state index is 0.319. The predicted octanol–water partition coefficient (Wildman–Crippen LogP) is 1.86. The third kappa shape index (κ3) is 2.79. The first kappa shape index (κ1) is 14.0. The molecule has 2 aromatic heterocycles. The summed E-state index contributed by atoms with van der Waals surface area (Å²) in [5, 5.41) is 0. The molecule has 7 heteroatoms. The maximum atomic E-state index is 5.96. The van der Waals surface area contributed by atoms with Gasteiger partial charge in [-0.3, -0.25) is 0 Å². The maximum absolute atomic E-state index is 5.96. The van der Waals surface area contributed by atoms with Crippen molar-refractivity contribution in [2.24, 2.45) is 5.92 Å². The van der Waals surface area contributed by atoms with E-state index in [1.165, 1.54) is 6.33 Å². The van der Waals surface area contributed by atoms with Crippen LogP contribution in [0.15, 0.2) is 6.33 Å². The number of fused-ring (bicyclic) bond motifs is 1. The van der Waals surface area contributed by atoms with Crippen LogP contribution >= 0.6 is 11.6 Å². The van der Waals surface area contributed by atoms with E-state index in [4.69, 9.17) is 21.1 Å². The SMILES string of the molecule is COCC(C)Cn1c(CCl)nc2c(OC)ncnc21. The van der Waals surface area contributed by atoms with Gasteiger partial charge in [0.25, 0.3) is 0 Å². The van der Waals surface area contributed by atoms with Crippen LogP contribution in [0, 0.1) is 5.92 Å². The number of imidazole rings is 1. The predicted molar refractivity (Wildman–Crippen MR) is 72.5 cm³/mol. The Morgan fingerprint density at radius 3 is 2.79 bits per heavy atom. The topological polar surface area (TPSA) is 62.1 Å². The van der Waals surface area contributed by atoms with Crippen molar-refractivity contribution < 1.29 is 9.47 Å².